The van der Waals surface area contributed by atoms with Crippen molar-refractivity contribution in [2.24, 2.45) is 23.0 Å². The van der Waals surface area contributed by atoms with Crippen molar-refractivity contribution in [3.63, 3.8) is 0 Å². The van der Waals surface area contributed by atoms with E-state index in [0.717, 1.165) is 17.6 Å². The molecule has 4 N–H and O–H groups in total. The summed E-state index contributed by atoms with van der Waals surface area (Å²) >= 11 is 0. The Morgan fingerprint density at radius 2 is 1.95 bits per heavy atom. The summed E-state index contributed by atoms with van der Waals surface area (Å²) in [5, 5.41) is 11.6. The minimum atomic E-state index is -1.15. The maximum Gasteiger partial charge on any atom is 0.334 e. The van der Waals surface area contributed by atoms with Gasteiger partial charge in [-0.2, -0.15) is 0 Å². The van der Waals surface area contributed by atoms with Crippen LogP contribution in [0.1, 0.15) is 65.7 Å². The van der Waals surface area contributed by atoms with E-state index in [1.54, 1.807) is 0 Å². The number of fused-ring (bicyclic) bond motifs is 4. The van der Waals surface area contributed by atoms with Gasteiger partial charge in [0.1, 0.15) is 36.1 Å². The van der Waals surface area contributed by atoms with Crippen LogP contribution in [0.15, 0.2) is 11.1 Å². The molecule has 12 heteroatoms. The summed E-state index contributed by atoms with van der Waals surface area (Å²) in [5.41, 5.74) is 4.89. The van der Waals surface area contributed by atoms with Crippen LogP contribution in [0.5, 0.6) is 0 Å². The summed E-state index contributed by atoms with van der Waals surface area (Å²) in [6.45, 7) is 6.96. The molecule has 12 nitrogen and oxygen atoms in total. The molecule has 4 heterocycles. The van der Waals surface area contributed by atoms with Gasteiger partial charge in [-0.1, -0.05) is 20.8 Å². The number of cyclic esters (lactones) is 1. The molecule has 0 aromatic rings. The molecule has 0 radical (unpaired) electrons. The Morgan fingerprint density at radius 3 is 2.68 bits per heavy atom. The van der Waals surface area contributed by atoms with Gasteiger partial charge in [0.25, 0.3) is 0 Å². The molecule has 0 bridgehead atoms. The number of hydrogen-bond donors (Lipinski definition) is 3. The molecule has 2 saturated carbocycles. The van der Waals surface area contributed by atoms with Crippen LogP contribution in [0.25, 0.3) is 0 Å². The third-order valence-electron chi connectivity index (χ3n) is 11.2. The van der Waals surface area contributed by atoms with Crippen LogP contribution in [0.3, 0.4) is 0 Å². The van der Waals surface area contributed by atoms with Crippen molar-refractivity contribution in [2.45, 2.75) is 113 Å². The Labute approximate surface area is 237 Å². The van der Waals surface area contributed by atoms with Crippen LogP contribution in [0.4, 0.5) is 0 Å². The van der Waals surface area contributed by atoms with E-state index in [9.17, 15) is 19.2 Å². The van der Waals surface area contributed by atoms with Gasteiger partial charge in [-0.05, 0) is 49.5 Å². The topological polar surface area (TPSA) is 183 Å². The number of carbonyl (C=O) groups excluding carboxylic acids is 3. The van der Waals surface area contributed by atoms with E-state index in [1.807, 2.05) is 0 Å². The summed E-state index contributed by atoms with van der Waals surface area (Å²) in [4.78, 5) is 48.5. The van der Waals surface area contributed by atoms with Crippen molar-refractivity contribution in [1.29, 1.82) is 0 Å². The van der Waals surface area contributed by atoms with E-state index in [1.165, 1.54) is 0 Å². The van der Waals surface area contributed by atoms with Crippen molar-refractivity contribution < 1.29 is 48.0 Å². The van der Waals surface area contributed by atoms with Crippen LogP contribution in [0, 0.1) is 17.3 Å². The molecule has 0 aromatic carbocycles. The maximum absolute atomic E-state index is 13.2. The van der Waals surface area contributed by atoms with Gasteiger partial charge in [-0.25, -0.2) is 4.79 Å². The number of carboxylic acids is 1. The van der Waals surface area contributed by atoms with Crippen LogP contribution < -0.4 is 11.1 Å². The lowest BCUT2D eigenvalue weighted by Gasteiger charge is -2.53. The van der Waals surface area contributed by atoms with E-state index in [4.69, 9.17) is 34.5 Å². The van der Waals surface area contributed by atoms with E-state index in [2.05, 4.69) is 26.1 Å². The molecule has 10 atom stereocenters. The van der Waals surface area contributed by atoms with Crippen LogP contribution in [-0.4, -0.2) is 89.3 Å². The van der Waals surface area contributed by atoms with Gasteiger partial charge in [0.15, 0.2) is 11.7 Å². The number of amides is 1. The fourth-order valence-electron chi connectivity index (χ4n) is 8.99. The van der Waals surface area contributed by atoms with Crippen molar-refractivity contribution in [3.8, 4) is 0 Å². The Hall–Kier alpha value is -2.54. The zero-order valence-corrected chi connectivity index (χ0v) is 23.6. The molecule has 41 heavy (non-hydrogen) atoms. The highest BCUT2D eigenvalue weighted by Gasteiger charge is 3.01. The number of carbonyl (C=O) groups is 4. The minimum Gasteiger partial charge on any atom is -0.480 e. The molecule has 2 spiro atoms. The first-order valence-corrected chi connectivity index (χ1v) is 14.8. The molecular formula is C29H38N2O10. The highest BCUT2D eigenvalue weighted by Crippen LogP contribution is 2.83. The van der Waals surface area contributed by atoms with Gasteiger partial charge in [0.2, 0.25) is 5.91 Å². The molecule has 0 aromatic heterocycles. The van der Waals surface area contributed by atoms with Gasteiger partial charge in [0, 0.05) is 30.4 Å². The highest BCUT2D eigenvalue weighted by molar-refractivity contribution is 5.92. The fourth-order valence-corrected chi connectivity index (χ4v) is 8.99. The molecule has 7 aliphatic rings. The van der Waals surface area contributed by atoms with Crippen LogP contribution in [-0.2, 0) is 42.9 Å². The number of aliphatic carboxylic acids is 1. The number of hydrogen-bond acceptors (Lipinski definition) is 10. The number of ether oxygens (including phenoxy) is 5. The zero-order valence-electron chi connectivity index (χ0n) is 23.6. The van der Waals surface area contributed by atoms with Gasteiger partial charge in [0.05, 0.1) is 6.10 Å². The Bertz CT molecular complexity index is 1270. The lowest BCUT2D eigenvalue weighted by atomic mass is 9.46. The van der Waals surface area contributed by atoms with Crippen LogP contribution in [0.2, 0.25) is 0 Å². The van der Waals surface area contributed by atoms with E-state index in [-0.39, 0.29) is 79.2 Å². The summed E-state index contributed by atoms with van der Waals surface area (Å²) in [6.07, 6.45) is 1.47. The van der Waals surface area contributed by atoms with Gasteiger partial charge < -0.3 is 39.8 Å². The number of epoxide rings is 3. The van der Waals surface area contributed by atoms with Gasteiger partial charge in [-0.3, -0.25) is 14.4 Å². The molecule has 7 rings (SSSR count). The molecule has 3 saturated heterocycles. The number of nitrogens with two attached hydrogens (primary N) is 1. The summed E-state index contributed by atoms with van der Waals surface area (Å²) in [5.74, 6) is -1.90. The Morgan fingerprint density at radius 1 is 1.17 bits per heavy atom. The second kappa shape index (κ2) is 8.75. The van der Waals surface area contributed by atoms with E-state index in [0.29, 0.717) is 25.9 Å². The first-order valence-electron chi connectivity index (χ1n) is 14.8. The van der Waals surface area contributed by atoms with E-state index >= 15 is 0 Å². The number of carboxylic acid groups (broad SMARTS) is 1. The highest BCUT2D eigenvalue weighted by atomic mass is 16.8. The maximum atomic E-state index is 13.2. The third kappa shape index (κ3) is 3.41. The average Bonchev–Trinajstić information content (AvgIpc) is 3.83. The fraction of sp³-hybridized carbons (Fsp3) is 0.793. The predicted molar refractivity (Wildman–Crippen MR) is 138 cm³/mol. The van der Waals surface area contributed by atoms with E-state index < -0.39 is 34.9 Å². The van der Waals surface area contributed by atoms with Crippen molar-refractivity contribution in [3.05, 3.63) is 11.1 Å². The van der Waals surface area contributed by atoms with Crippen molar-refractivity contribution in [1.82, 2.24) is 5.32 Å². The average molecular weight is 575 g/mol. The molecule has 3 aliphatic carbocycles. The normalized spacial score (nSPS) is 44.7. The molecular weight excluding hydrogens is 536 g/mol. The smallest absolute Gasteiger partial charge is 0.334 e. The Balaban J connectivity index is 1.06. The SMILES string of the molecule is CC(C)[C@]12O[C@H]1[C@@H]1O[C@]13[C@]1(O[C@H]1CC1C4=C(CC[C@@]13C)C(=O)OC4)[C@@H]2OC(=O)CCCNC(=O)CC[C@H](N)C(=O)O. The number of rotatable bonds is 10. The molecule has 1 unspecified atom stereocenters. The van der Waals surface area contributed by atoms with Crippen molar-refractivity contribution >= 4 is 23.8 Å². The summed E-state index contributed by atoms with van der Waals surface area (Å²) in [7, 11) is 0. The quantitative estimate of drug-likeness (QED) is 0.190. The lowest BCUT2D eigenvalue weighted by molar-refractivity contribution is -0.169. The molecule has 5 fully saturated rings. The second-order valence-electron chi connectivity index (χ2n) is 13.3. The number of esters is 2. The first kappa shape index (κ1) is 27.3. The second-order valence-corrected chi connectivity index (χ2v) is 13.3. The first-order chi connectivity index (χ1) is 19.4. The van der Waals surface area contributed by atoms with Gasteiger partial charge in [-0.15, -0.1) is 0 Å². The molecule has 1 amide bonds. The molecule has 224 valence electrons. The van der Waals surface area contributed by atoms with Crippen molar-refractivity contribution in [2.75, 3.05) is 13.2 Å². The number of nitrogens with one attached hydrogen (secondary N) is 1. The zero-order chi connectivity index (χ0) is 29.1. The Kier molecular flexibility index (Phi) is 5.82. The largest absolute Gasteiger partial charge is 0.480 e. The lowest BCUT2D eigenvalue weighted by Crippen LogP contribution is -2.70. The summed E-state index contributed by atoms with van der Waals surface area (Å²) < 4.78 is 31.5. The minimum absolute atomic E-state index is 0.00143. The third-order valence-corrected chi connectivity index (χ3v) is 11.2. The van der Waals surface area contributed by atoms with Crippen LogP contribution >= 0.6 is 0 Å². The summed E-state index contributed by atoms with van der Waals surface area (Å²) in [6, 6.07) is -1.09. The predicted octanol–water partition coefficient (Wildman–Crippen LogP) is 0.743. The van der Waals surface area contributed by atoms with Gasteiger partial charge >= 0.3 is 17.9 Å². The monoisotopic (exact) mass is 574 g/mol. The standard InChI is InChI=1S/C29H38N2O10/c1-13(2)27-21(40-27)22-29(41-22)26(3)9-8-14-15(12-37-24(14)36)16(26)11-18-28(29,39-18)25(27)38-20(33)5-4-10-31-19(32)7-6-17(30)23(34)35/h13,16-18,21-22,25H,4-12,30H2,1-3H3,(H,31,32)(H,34,35)/t16?,17-,18-,21-,22-,25+,26-,27-,28+,29+/m0/s1. The molecule has 4 aliphatic heterocycles.